The predicted molar refractivity (Wildman–Crippen MR) is 64.7 cm³/mol. The van der Waals surface area contributed by atoms with Gasteiger partial charge in [-0.15, -0.1) is 0 Å². The average molecular weight is 221 g/mol. The lowest BCUT2D eigenvalue weighted by Gasteiger charge is -2.07. The van der Waals surface area contributed by atoms with Crippen LogP contribution in [0.3, 0.4) is 0 Å². The Morgan fingerprint density at radius 2 is 1.94 bits per heavy atom. The van der Waals surface area contributed by atoms with E-state index in [9.17, 15) is 4.79 Å². The molecule has 3 nitrogen and oxygen atoms in total. The highest BCUT2D eigenvalue weighted by molar-refractivity contribution is 5.68. The summed E-state index contributed by atoms with van der Waals surface area (Å²) in [4.78, 5) is 10.3. The molecular weight excluding hydrogens is 202 g/mol. The Morgan fingerprint density at radius 1 is 1.31 bits per heavy atom. The first kappa shape index (κ1) is 12.7. The number of carboxylic acid groups (broad SMARTS) is 1. The van der Waals surface area contributed by atoms with E-state index in [0.29, 0.717) is 12.5 Å². The summed E-state index contributed by atoms with van der Waals surface area (Å²) in [5.41, 5.74) is 2.57. The third kappa shape index (κ3) is 4.45. The molecule has 0 atom stereocenters. The third-order valence-electron chi connectivity index (χ3n) is 2.51. The van der Waals surface area contributed by atoms with E-state index in [-0.39, 0.29) is 6.54 Å². The largest absolute Gasteiger partial charge is 0.480 e. The normalized spacial score (nSPS) is 10.7. The zero-order valence-electron chi connectivity index (χ0n) is 9.86. The number of hydrogen-bond donors (Lipinski definition) is 2. The van der Waals surface area contributed by atoms with Gasteiger partial charge in [-0.3, -0.25) is 4.79 Å². The molecule has 2 N–H and O–H groups in total. The molecule has 0 fully saturated rings. The van der Waals surface area contributed by atoms with Crippen LogP contribution in [-0.4, -0.2) is 24.2 Å². The van der Waals surface area contributed by atoms with Crippen LogP contribution in [0, 0.1) is 0 Å². The topological polar surface area (TPSA) is 49.3 Å². The first-order valence-electron chi connectivity index (χ1n) is 5.61. The van der Waals surface area contributed by atoms with Crippen LogP contribution in [0.1, 0.15) is 30.9 Å². The van der Waals surface area contributed by atoms with Gasteiger partial charge in [-0.25, -0.2) is 0 Å². The summed E-state index contributed by atoms with van der Waals surface area (Å²) in [6, 6.07) is 8.49. The Bertz CT molecular complexity index is 330. The van der Waals surface area contributed by atoms with E-state index in [1.807, 2.05) is 0 Å². The van der Waals surface area contributed by atoms with Crippen molar-refractivity contribution in [2.24, 2.45) is 0 Å². The molecule has 1 aromatic carbocycles. The molecule has 0 radical (unpaired) electrons. The molecule has 0 spiro atoms. The molecule has 88 valence electrons. The van der Waals surface area contributed by atoms with Crippen molar-refractivity contribution in [3.8, 4) is 0 Å². The molecule has 0 aliphatic rings. The fraction of sp³-hybridized carbons (Fsp3) is 0.462. The van der Waals surface area contributed by atoms with Gasteiger partial charge in [0.25, 0.3) is 0 Å². The molecule has 0 heterocycles. The summed E-state index contributed by atoms with van der Waals surface area (Å²) in [5.74, 6) is -0.255. The summed E-state index contributed by atoms with van der Waals surface area (Å²) >= 11 is 0. The number of carbonyl (C=O) groups is 1. The van der Waals surface area contributed by atoms with Crippen molar-refractivity contribution >= 4 is 5.97 Å². The molecule has 0 saturated heterocycles. The zero-order valence-corrected chi connectivity index (χ0v) is 9.86. The highest BCUT2D eigenvalue weighted by Gasteiger charge is 1.99. The van der Waals surface area contributed by atoms with Gasteiger partial charge >= 0.3 is 5.97 Å². The van der Waals surface area contributed by atoms with Gasteiger partial charge in [0, 0.05) is 0 Å². The standard InChI is InChI=1S/C13H19NO2/c1-10(2)12-5-3-11(4-6-12)7-8-14-9-13(15)16/h3-6,10,14H,7-9H2,1-2H3,(H,15,16). The van der Waals surface area contributed by atoms with Crippen molar-refractivity contribution in [2.45, 2.75) is 26.2 Å². The van der Waals surface area contributed by atoms with Crippen LogP contribution in [0.15, 0.2) is 24.3 Å². The summed E-state index contributed by atoms with van der Waals surface area (Å²) < 4.78 is 0. The van der Waals surface area contributed by atoms with Crippen molar-refractivity contribution in [3.63, 3.8) is 0 Å². The maximum Gasteiger partial charge on any atom is 0.317 e. The lowest BCUT2D eigenvalue weighted by Crippen LogP contribution is -2.24. The number of nitrogens with one attached hydrogen (secondary N) is 1. The Hall–Kier alpha value is -1.35. The highest BCUT2D eigenvalue weighted by atomic mass is 16.4. The van der Waals surface area contributed by atoms with Gasteiger partial charge in [0.05, 0.1) is 6.54 Å². The van der Waals surface area contributed by atoms with E-state index in [0.717, 1.165) is 6.42 Å². The number of rotatable bonds is 6. The predicted octanol–water partition coefficient (Wildman–Crippen LogP) is 2.03. The fourth-order valence-electron chi connectivity index (χ4n) is 1.50. The molecule has 3 heteroatoms. The van der Waals surface area contributed by atoms with Crippen LogP contribution in [0.25, 0.3) is 0 Å². The van der Waals surface area contributed by atoms with E-state index in [1.54, 1.807) is 0 Å². The van der Waals surface area contributed by atoms with Crippen molar-refractivity contribution in [1.82, 2.24) is 5.32 Å². The van der Waals surface area contributed by atoms with Crippen LogP contribution in [0.2, 0.25) is 0 Å². The number of carboxylic acids is 1. The van der Waals surface area contributed by atoms with Crippen molar-refractivity contribution < 1.29 is 9.90 Å². The molecule has 16 heavy (non-hydrogen) atoms. The van der Waals surface area contributed by atoms with Gasteiger partial charge in [-0.05, 0) is 30.0 Å². The van der Waals surface area contributed by atoms with Gasteiger partial charge < -0.3 is 10.4 Å². The van der Waals surface area contributed by atoms with E-state index in [2.05, 4.69) is 43.4 Å². The van der Waals surface area contributed by atoms with E-state index >= 15 is 0 Å². The molecule has 0 bridgehead atoms. The van der Waals surface area contributed by atoms with Crippen LogP contribution in [0.5, 0.6) is 0 Å². The first-order valence-corrected chi connectivity index (χ1v) is 5.61. The van der Waals surface area contributed by atoms with Gasteiger partial charge in [-0.2, -0.15) is 0 Å². The molecule has 0 aromatic heterocycles. The maximum atomic E-state index is 10.3. The quantitative estimate of drug-likeness (QED) is 0.723. The Morgan fingerprint density at radius 3 is 2.44 bits per heavy atom. The van der Waals surface area contributed by atoms with Gasteiger partial charge in [0.15, 0.2) is 0 Å². The minimum Gasteiger partial charge on any atom is -0.480 e. The van der Waals surface area contributed by atoms with Crippen LogP contribution < -0.4 is 5.32 Å². The minimum atomic E-state index is -0.810. The molecule has 0 unspecified atom stereocenters. The second kappa shape index (κ2) is 6.28. The number of hydrogen-bond acceptors (Lipinski definition) is 2. The zero-order chi connectivity index (χ0) is 12.0. The summed E-state index contributed by atoms with van der Waals surface area (Å²) in [6.07, 6.45) is 0.867. The SMILES string of the molecule is CC(C)c1ccc(CCNCC(=O)O)cc1. The van der Waals surface area contributed by atoms with E-state index < -0.39 is 5.97 Å². The van der Waals surface area contributed by atoms with Gasteiger partial charge in [0.1, 0.15) is 0 Å². The van der Waals surface area contributed by atoms with Gasteiger partial charge in [-0.1, -0.05) is 38.1 Å². The Balaban J connectivity index is 2.35. The van der Waals surface area contributed by atoms with Crippen LogP contribution in [0.4, 0.5) is 0 Å². The first-order chi connectivity index (χ1) is 7.59. The Labute approximate surface area is 96.5 Å². The summed E-state index contributed by atoms with van der Waals surface area (Å²) in [5, 5.41) is 11.3. The van der Waals surface area contributed by atoms with Crippen molar-refractivity contribution in [2.75, 3.05) is 13.1 Å². The molecule has 0 aliphatic heterocycles. The lowest BCUT2D eigenvalue weighted by molar-refractivity contribution is -0.135. The molecule has 0 aliphatic carbocycles. The van der Waals surface area contributed by atoms with Crippen molar-refractivity contribution in [3.05, 3.63) is 35.4 Å². The second-order valence-corrected chi connectivity index (χ2v) is 4.22. The monoisotopic (exact) mass is 221 g/mol. The molecule has 1 aromatic rings. The van der Waals surface area contributed by atoms with Crippen LogP contribution in [-0.2, 0) is 11.2 Å². The number of benzene rings is 1. The number of aliphatic carboxylic acids is 1. The maximum absolute atomic E-state index is 10.3. The van der Waals surface area contributed by atoms with Crippen molar-refractivity contribution in [1.29, 1.82) is 0 Å². The fourth-order valence-corrected chi connectivity index (χ4v) is 1.50. The van der Waals surface area contributed by atoms with Crippen LogP contribution >= 0.6 is 0 Å². The second-order valence-electron chi connectivity index (χ2n) is 4.22. The average Bonchev–Trinajstić information content (AvgIpc) is 2.25. The van der Waals surface area contributed by atoms with E-state index in [4.69, 9.17) is 5.11 Å². The summed E-state index contributed by atoms with van der Waals surface area (Å²) in [6.45, 7) is 5.07. The molecular formula is C13H19NO2. The molecule has 0 amide bonds. The highest BCUT2D eigenvalue weighted by Crippen LogP contribution is 2.14. The molecule has 0 saturated carbocycles. The van der Waals surface area contributed by atoms with E-state index in [1.165, 1.54) is 11.1 Å². The minimum absolute atomic E-state index is 0.0318. The smallest absolute Gasteiger partial charge is 0.317 e. The lowest BCUT2D eigenvalue weighted by atomic mass is 10.0. The van der Waals surface area contributed by atoms with Gasteiger partial charge in [0.2, 0.25) is 0 Å². The Kier molecular flexibility index (Phi) is 4.99. The molecule has 1 rings (SSSR count). The third-order valence-corrected chi connectivity index (χ3v) is 2.51. The summed E-state index contributed by atoms with van der Waals surface area (Å²) in [7, 11) is 0.